The van der Waals surface area contributed by atoms with E-state index in [1.165, 1.54) is 0 Å². The summed E-state index contributed by atoms with van der Waals surface area (Å²) in [6.07, 6.45) is -4.30. The van der Waals surface area contributed by atoms with Gasteiger partial charge in [-0.05, 0) is 18.1 Å². The summed E-state index contributed by atoms with van der Waals surface area (Å²) in [6.45, 7) is 0.730. The van der Waals surface area contributed by atoms with E-state index in [0.29, 0.717) is 10.7 Å². The minimum atomic E-state index is -4.30. The third-order valence-electron chi connectivity index (χ3n) is 2.87. The van der Waals surface area contributed by atoms with Crippen molar-refractivity contribution in [2.24, 2.45) is 0 Å². The van der Waals surface area contributed by atoms with Crippen LogP contribution in [0.3, 0.4) is 0 Å². The molecule has 0 aliphatic heterocycles. The van der Waals surface area contributed by atoms with Crippen molar-refractivity contribution in [1.82, 2.24) is 0 Å². The van der Waals surface area contributed by atoms with Gasteiger partial charge in [0.25, 0.3) is 0 Å². The Bertz CT molecular complexity index is 403. The van der Waals surface area contributed by atoms with E-state index in [4.69, 9.17) is 4.74 Å². The monoisotopic (exact) mass is 402 g/mol. The van der Waals surface area contributed by atoms with Crippen molar-refractivity contribution in [3.8, 4) is 0 Å². The number of aryl methyl sites for hydroxylation is 1. The molecule has 0 spiro atoms. The molecular formula is C13H15Br2F3O. The van der Waals surface area contributed by atoms with Crippen LogP contribution in [0.25, 0.3) is 0 Å². The van der Waals surface area contributed by atoms with E-state index in [-0.39, 0.29) is 6.61 Å². The average Bonchev–Trinajstić information content (AvgIpc) is 2.35. The first kappa shape index (κ1) is 17.0. The van der Waals surface area contributed by atoms with Gasteiger partial charge in [-0.2, -0.15) is 13.2 Å². The summed E-state index contributed by atoms with van der Waals surface area (Å²) in [5.41, 5.74) is 1.53. The molecule has 0 unspecified atom stereocenters. The number of halogens is 5. The molecule has 0 atom stereocenters. The normalized spacial score (nSPS) is 12.7. The van der Waals surface area contributed by atoms with Gasteiger partial charge in [0, 0.05) is 16.1 Å². The van der Waals surface area contributed by atoms with Gasteiger partial charge in [0.2, 0.25) is 0 Å². The van der Waals surface area contributed by atoms with Crippen molar-refractivity contribution in [1.29, 1.82) is 0 Å². The Labute approximate surface area is 127 Å². The van der Waals surface area contributed by atoms with Crippen LogP contribution < -0.4 is 0 Å². The van der Waals surface area contributed by atoms with Gasteiger partial charge in [-0.3, -0.25) is 0 Å². The van der Waals surface area contributed by atoms with E-state index in [1.54, 1.807) is 0 Å². The molecule has 0 aliphatic rings. The minimum absolute atomic E-state index is 0.00780. The summed E-state index contributed by atoms with van der Waals surface area (Å²) in [6, 6.07) is 7.66. The molecule has 1 aromatic rings. The lowest BCUT2D eigenvalue weighted by Gasteiger charge is -2.32. The van der Waals surface area contributed by atoms with Gasteiger partial charge in [-0.1, -0.05) is 56.1 Å². The lowest BCUT2D eigenvalue weighted by atomic mass is 9.83. The third kappa shape index (κ3) is 4.76. The summed E-state index contributed by atoms with van der Waals surface area (Å²) >= 11 is 6.79. The standard InChI is InChI=1S/C13H15Br2F3O/c1-10-4-2-3-5-11(10)12(6-14,7-15)8-19-9-13(16,17)18/h2-5H,6-9H2,1H3. The van der Waals surface area contributed by atoms with Crippen molar-refractivity contribution < 1.29 is 17.9 Å². The van der Waals surface area contributed by atoms with Crippen LogP contribution in [-0.2, 0) is 10.2 Å². The Hall–Kier alpha value is -0.0700. The molecule has 1 nitrogen and oxygen atoms in total. The third-order valence-corrected chi connectivity index (χ3v) is 5.02. The highest BCUT2D eigenvalue weighted by atomic mass is 79.9. The van der Waals surface area contributed by atoms with E-state index in [2.05, 4.69) is 31.9 Å². The quantitative estimate of drug-likeness (QED) is 0.630. The molecule has 0 saturated heterocycles. The molecule has 0 fully saturated rings. The summed E-state index contributed by atoms with van der Waals surface area (Å²) in [5.74, 6) is 0. The molecule has 0 N–H and O–H groups in total. The highest BCUT2D eigenvalue weighted by molar-refractivity contribution is 9.09. The average molecular weight is 404 g/mol. The molecule has 6 heteroatoms. The molecule has 0 bridgehead atoms. The molecule has 19 heavy (non-hydrogen) atoms. The van der Waals surface area contributed by atoms with Crippen LogP contribution in [0.2, 0.25) is 0 Å². The Morgan fingerprint density at radius 1 is 1.05 bits per heavy atom. The number of hydrogen-bond donors (Lipinski definition) is 0. The summed E-state index contributed by atoms with van der Waals surface area (Å²) in [5, 5.41) is 1.04. The van der Waals surface area contributed by atoms with Crippen LogP contribution in [-0.4, -0.2) is 30.1 Å². The van der Waals surface area contributed by atoms with Crippen LogP contribution >= 0.6 is 31.9 Å². The molecule has 1 rings (SSSR count). The molecule has 0 saturated carbocycles. The van der Waals surface area contributed by atoms with E-state index in [1.807, 2.05) is 31.2 Å². The van der Waals surface area contributed by atoms with Gasteiger partial charge in [-0.25, -0.2) is 0 Å². The Balaban J connectivity index is 2.89. The largest absolute Gasteiger partial charge is 0.411 e. The van der Waals surface area contributed by atoms with Crippen LogP contribution in [0.15, 0.2) is 24.3 Å². The molecule has 1 aromatic carbocycles. The van der Waals surface area contributed by atoms with Gasteiger partial charge in [0.1, 0.15) is 6.61 Å². The van der Waals surface area contributed by atoms with Gasteiger partial charge in [0.05, 0.1) is 6.61 Å². The number of benzene rings is 1. The van der Waals surface area contributed by atoms with Gasteiger partial charge < -0.3 is 4.74 Å². The van der Waals surface area contributed by atoms with Crippen molar-refractivity contribution in [2.75, 3.05) is 23.9 Å². The van der Waals surface area contributed by atoms with E-state index < -0.39 is 18.2 Å². The Kier molecular flexibility index (Phi) is 6.33. The van der Waals surface area contributed by atoms with E-state index in [0.717, 1.165) is 11.1 Å². The van der Waals surface area contributed by atoms with Crippen LogP contribution in [0.1, 0.15) is 11.1 Å². The molecule has 0 aliphatic carbocycles. The molecule has 0 radical (unpaired) electrons. The van der Waals surface area contributed by atoms with Gasteiger partial charge >= 0.3 is 6.18 Å². The highest BCUT2D eigenvalue weighted by Gasteiger charge is 2.34. The second-order valence-corrected chi connectivity index (χ2v) is 5.59. The SMILES string of the molecule is Cc1ccccc1C(CBr)(CBr)COCC(F)(F)F. The van der Waals surface area contributed by atoms with Gasteiger partial charge in [-0.15, -0.1) is 0 Å². The summed E-state index contributed by atoms with van der Waals surface area (Å²) in [4.78, 5) is 0. The fourth-order valence-corrected chi connectivity index (χ4v) is 3.72. The highest BCUT2D eigenvalue weighted by Crippen LogP contribution is 2.32. The predicted octanol–water partition coefficient (Wildman–Crippen LogP) is 4.60. The molecule has 0 amide bonds. The maximum absolute atomic E-state index is 12.2. The maximum atomic E-state index is 12.2. The zero-order chi connectivity index (χ0) is 14.5. The molecule has 0 heterocycles. The zero-order valence-corrected chi connectivity index (χ0v) is 13.6. The first-order valence-electron chi connectivity index (χ1n) is 5.67. The lowest BCUT2D eigenvalue weighted by molar-refractivity contribution is -0.176. The van der Waals surface area contributed by atoms with Crippen molar-refractivity contribution >= 4 is 31.9 Å². The lowest BCUT2D eigenvalue weighted by Crippen LogP contribution is -2.37. The van der Waals surface area contributed by atoms with E-state index in [9.17, 15) is 13.2 Å². The first-order valence-corrected chi connectivity index (χ1v) is 7.91. The fourth-order valence-electron chi connectivity index (χ4n) is 1.86. The molecular weight excluding hydrogens is 389 g/mol. The second-order valence-electron chi connectivity index (χ2n) is 4.47. The number of hydrogen-bond acceptors (Lipinski definition) is 1. The number of ether oxygens (including phenoxy) is 1. The zero-order valence-electron chi connectivity index (χ0n) is 10.4. The van der Waals surface area contributed by atoms with Crippen molar-refractivity contribution in [3.63, 3.8) is 0 Å². The van der Waals surface area contributed by atoms with Crippen molar-refractivity contribution in [2.45, 2.75) is 18.5 Å². The molecule has 108 valence electrons. The summed E-state index contributed by atoms with van der Waals surface area (Å²) in [7, 11) is 0. The van der Waals surface area contributed by atoms with E-state index >= 15 is 0 Å². The van der Waals surface area contributed by atoms with Crippen LogP contribution in [0, 0.1) is 6.92 Å². The second kappa shape index (κ2) is 7.09. The Morgan fingerprint density at radius 3 is 2.11 bits per heavy atom. The number of alkyl halides is 5. The summed E-state index contributed by atoms with van der Waals surface area (Å²) < 4.78 is 41.4. The number of rotatable bonds is 6. The van der Waals surface area contributed by atoms with Crippen LogP contribution in [0.4, 0.5) is 13.2 Å². The van der Waals surface area contributed by atoms with Crippen LogP contribution in [0.5, 0.6) is 0 Å². The molecule has 0 aromatic heterocycles. The topological polar surface area (TPSA) is 9.23 Å². The van der Waals surface area contributed by atoms with Crippen molar-refractivity contribution in [3.05, 3.63) is 35.4 Å². The smallest absolute Gasteiger partial charge is 0.371 e. The first-order chi connectivity index (χ1) is 8.84. The van der Waals surface area contributed by atoms with Gasteiger partial charge in [0.15, 0.2) is 0 Å². The maximum Gasteiger partial charge on any atom is 0.411 e. The predicted molar refractivity (Wildman–Crippen MR) is 77.3 cm³/mol. The fraction of sp³-hybridized carbons (Fsp3) is 0.538. The minimum Gasteiger partial charge on any atom is -0.371 e. The Morgan fingerprint density at radius 2 is 1.63 bits per heavy atom.